The van der Waals surface area contributed by atoms with Gasteiger partial charge in [0.2, 0.25) is 0 Å². The summed E-state index contributed by atoms with van der Waals surface area (Å²) in [5.41, 5.74) is 0.363. The Kier molecular flexibility index (Phi) is 5.26. The molecule has 2 aromatic rings. The van der Waals surface area contributed by atoms with Gasteiger partial charge < -0.3 is 4.90 Å². The summed E-state index contributed by atoms with van der Waals surface area (Å²) in [5.74, 6) is -0.574. The van der Waals surface area contributed by atoms with Crippen molar-refractivity contribution in [3.05, 3.63) is 70.3 Å². The zero-order chi connectivity index (χ0) is 18.5. The molecule has 0 aromatic heterocycles. The van der Waals surface area contributed by atoms with Crippen LogP contribution in [0.2, 0.25) is 0 Å². The van der Waals surface area contributed by atoms with E-state index < -0.39 is 16.9 Å². The summed E-state index contributed by atoms with van der Waals surface area (Å²) in [6.07, 6.45) is 2.87. The number of para-hydroxylation sites is 1. The number of hydrogen-bond donors (Lipinski definition) is 0. The lowest BCUT2D eigenvalue weighted by Crippen LogP contribution is -2.48. The smallest absolute Gasteiger partial charge is 0.324 e. The van der Waals surface area contributed by atoms with Gasteiger partial charge in [0.05, 0.1) is 10.6 Å². The van der Waals surface area contributed by atoms with Gasteiger partial charge in [-0.25, -0.2) is 9.69 Å². The number of nitro groups is 1. The fourth-order valence-corrected chi connectivity index (χ4v) is 3.00. The molecule has 0 spiro atoms. The number of piperidine rings is 1. The van der Waals surface area contributed by atoms with Gasteiger partial charge in [-0.1, -0.05) is 24.3 Å². The third-order valence-electron chi connectivity index (χ3n) is 4.34. The number of carbonyl (C=O) groups is 2. The van der Waals surface area contributed by atoms with E-state index in [2.05, 4.69) is 0 Å². The molecule has 0 aliphatic carbocycles. The third-order valence-corrected chi connectivity index (χ3v) is 4.34. The number of nitrogens with zero attached hydrogens (tertiary/aromatic N) is 3. The lowest BCUT2D eigenvalue weighted by atomic mass is 10.1. The van der Waals surface area contributed by atoms with Gasteiger partial charge in [0, 0.05) is 30.8 Å². The second kappa shape index (κ2) is 7.77. The number of nitro benzene ring substituents is 1. The van der Waals surface area contributed by atoms with E-state index in [9.17, 15) is 19.7 Å². The van der Waals surface area contributed by atoms with Crippen LogP contribution in [0.5, 0.6) is 0 Å². The van der Waals surface area contributed by atoms with Gasteiger partial charge >= 0.3 is 6.03 Å². The highest BCUT2D eigenvalue weighted by atomic mass is 16.6. The number of urea groups is 1. The van der Waals surface area contributed by atoms with Crippen molar-refractivity contribution >= 4 is 23.3 Å². The van der Waals surface area contributed by atoms with Crippen LogP contribution in [0, 0.1) is 10.1 Å². The highest BCUT2D eigenvalue weighted by Gasteiger charge is 2.30. The molecule has 7 nitrogen and oxygen atoms in total. The molecule has 26 heavy (non-hydrogen) atoms. The lowest BCUT2D eigenvalue weighted by molar-refractivity contribution is -0.384. The molecule has 0 unspecified atom stereocenters. The molecule has 7 heteroatoms. The minimum absolute atomic E-state index is 0.105. The molecule has 0 bridgehead atoms. The Morgan fingerprint density at radius 3 is 2.31 bits per heavy atom. The molecule has 1 fully saturated rings. The van der Waals surface area contributed by atoms with Gasteiger partial charge in [0.25, 0.3) is 11.6 Å². The van der Waals surface area contributed by atoms with Crippen LogP contribution in [0.4, 0.5) is 16.2 Å². The number of imide groups is 1. The Bertz CT molecular complexity index is 817. The Morgan fingerprint density at radius 1 is 0.962 bits per heavy atom. The fraction of sp³-hybridized carbons (Fsp3) is 0.263. The van der Waals surface area contributed by atoms with Crippen molar-refractivity contribution in [2.24, 2.45) is 0 Å². The quantitative estimate of drug-likeness (QED) is 0.620. The monoisotopic (exact) mass is 353 g/mol. The van der Waals surface area contributed by atoms with Crippen molar-refractivity contribution in [1.29, 1.82) is 0 Å². The Morgan fingerprint density at radius 2 is 1.65 bits per heavy atom. The highest BCUT2D eigenvalue weighted by Crippen LogP contribution is 2.22. The molecule has 0 radical (unpaired) electrons. The van der Waals surface area contributed by atoms with Crippen molar-refractivity contribution in [2.75, 3.05) is 18.0 Å². The van der Waals surface area contributed by atoms with Gasteiger partial charge in [-0.2, -0.15) is 0 Å². The van der Waals surface area contributed by atoms with E-state index >= 15 is 0 Å². The van der Waals surface area contributed by atoms with Crippen LogP contribution < -0.4 is 4.90 Å². The van der Waals surface area contributed by atoms with E-state index in [1.165, 1.54) is 24.3 Å². The molecule has 0 saturated carbocycles. The number of benzene rings is 2. The van der Waals surface area contributed by atoms with E-state index in [4.69, 9.17) is 0 Å². The van der Waals surface area contributed by atoms with Crippen molar-refractivity contribution in [3.8, 4) is 0 Å². The van der Waals surface area contributed by atoms with Crippen molar-refractivity contribution in [3.63, 3.8) is 0 Å². The normalized spacial score (nSPS) is 13.9. The minimum Gasteiger partial charge on any atom is -0.324 e. The summed E-state index contributed by atoms with van der Waals surface area (Å²) >= 11 is 0. The summed E-state index contributed by atoms with van der Waals surface area (Å²) in [6.45, 7) is 1.20. The maximum atomic E-state index is 13.1. The number of likely N-dealkylation sites (tertiary alicyclic amines) is 1. The summed E-state index contributed by atoms with van der Waals surface area (Å²) in [4.78, 5) is 39.3. The average molecular weight is 353 g/mol. The predicted octanol–water partition coefficient (Wildman–Crippen LogP) is 3.85. The number of amides is 3. The number of rotatable bonds is 3. The Balaban J connectivity index is 1.97. The first kappa shape index (κ1) is 17.6. The third kappa shape index (κ3) is 3.72. The highest BCUT2D eigenvalue weighted by molar-refractivity contribution is 6.20. The molecule has 1 aliphatic heterocycles. The standard InChI is InChI=1S/C19H19N3O4/c23-18(15-8-7-11-17(14-15)22(25)26)21(16-9-3-1-4-10-16)19(24)20-12-5-2-6-13-20/h1,3-4,7-11,14H,2,5-6,12-13H2. The van der Waals surface area contributed by atoms with Crippen LogP contribution in [0.1, 0.15) is 29.6 Å². The number of non-ortho nitro benzene ring substituents is 1. The average Bonchev–Trinajstić information content (AvgIpc) is 2.69. The summed E-state index contributed by atoms with van der Waals surface area (Å²) < 4.78 is 0. The molecule has 1 aliphatic rings. The maximum absolute atomic E-state index is 13.1. The maximum Gasteiger partial charge on any atom is 0.331 e. The predicted molar refractivity (Wildman–Crippen MR) is 97.2 cm³/mol. The lowest BCUT2D eigenvalue weighted by Gasteiger charge is -2.32. The number of carbonyl (C=O) groups excluding carboxylic acids is 2. The molecule has 2 aromatic carbocycles. The zero-order valence-electron chi connectivity index (χ0n) is 14.2. The molecule has 134 valence electrons. The second-order valence-corrected chi connectivity index (χ2v) is 6.11. The Hall–Kier alpha value is -3.22. The van der Waals surface area contributed by atoms with Crippen molar-refractivity contribution in [1.82, 2.24) is 4.90 Å². The molecular weight excluding hydrogens is 334 g/mol. The molecule has 1 heterocycles. The van der Waals surface area contributed by atoms with Crippen LogP contribution >= 0.6 is 0 Å². The first-order valence-electron chi connectivity index (χ1n) is 8.51. The van der Waals surface area contributed by atoms with E-state index in [-0.39, 0.29) is 11.3 Å². The minimum atomic E-state index is -0.574. The van der Waals surface area contributed by atoms with Crippen LogP contribution in [0.3, 0.4) is 0 Å². The van der Waals surface area contributed by atoms with Gasteiger partial charge in [-0.05, 0) is 37.5 Å². The number of hydrogen-bond acceptors (Lipinski definition) is 4. The summed E-state index contributed by atoms with van der Waals surface area (Å²) in [5, 5.41) is 11.0. The van der Waals surface area contributed by atoms with E-state index in [0.717, 1.165) is 24.2 Å². The molecule has 1 saturated heterocycles. The van der Waals surface area contributed by atoms with Crippen LogP contribution in [-0.4, -0.2) is 34.9 Å². The van der Waals surface area contributed by atoms with Gasteiger partial charge in [0.15, 0.2) is 0 Å². The van der Waals surface area contributed by atoms with E-state index in [1.807, 2.05) is 0 Å². The van der Waals surface area contributed by atoms with E-state index in [1.54, 1.807) is 35.2 Å². The van der Waals surface area contributed by atoms with Gasteiger partial charge in [-0.3, -0.25) is 14.9 Å². The van der Waals surface area contributed by atoms with E-state index in [0.29, 0.717) is 18.8 Å². The van der Waals surface area contributed by atoms with Crippen molar-refractivity contribution in [2.45, 2.75) is 19.3 Å². The molecule has 3 amide bonds. The van der Waals surface area contributed by atoms with Gasteiger partial charge in [-0.15, -0.1) is 0 Å². The van der Waals surface area contributed by atoms with Crippen LogP contribution in [0.15, 0.2) is 54.6 Å². The second-order valence-electron chi connectivity index (χ2n) is 6.11. The largest absolute Gasteiger partial charge is 0.331 e. The van der Waals surface area contributed by atoms with Gasteiger partial charge in [0.1, 0.15) is 0 Å². The molecule has 3 rings (SSSR count). The summed E-state index contributed by atoms with van der Waals surface area (Å²) in [6, 6.07) is 13.7. The summed E-state index contributed by atoms with van der Waals surface area (Å²) in [7, 11) is 0. The first-order valence-corrected chi connectivity index (χ1v) is 8.51. The SMILES string of the molecule is O=C(c1cccc([N+](=O)[O-])c1)N(C(=O)N1CCCCC1)c1ccccc1. The van der Waals surface area contributed by atoms with Crippen LogP contribution in [-0.2, 0) is 0 Å². The van der Waals surface area contributed by atoms with Crippen LogP contribution in [0.25, 0.3) is 0 Å². The molecule has 0 atom stereocenters. The molecular formula is C19H19N3O4. The fourth-order valence-electron chi connectivity index (χ4n) is 3.00. The first-order chi connectivity index (χ1) is 12.6. The number of anilines is 1. The zero-order valence-corrected chi connectivity index (χ0v) is 14.2. The van der Waals surface area contributed by atoms with Crippen molar-refractivity contribution < 1.29 is 14.5 Å². The molecule has 0 N–H and O–H groups in total. The Labute approximate surface area is 151 Å². The topological polar surface area (TPSA) is 83.8 Å².